The second-order valence-electron chi connectivity index (χ2n) is 11.2. The van der Waals surface area contributed by atoms with E-state index in [0.717, 1.165) is 39.1 Å². The molecule has 0 spiro atoms. The highest BCUT2D eigenvalue weighted by molar-refractivity contribution is 6.21. The van der Waals surface area contributed by atoms with Crippen LogP contribution in [-0.4, -0.2) is 9.97 Å². The second-order valence-corrected chi connectivity index (χ2v) is 11.2. The summed E-state index contributed by atoms with van der Waals surface area (Å²) >= 11 is 0. The molecule has 0 aliphatic rings. The van der Waals surface area contributed by atoms with Gasteiger partial charge >= 0.3 is 0 Å². The average molecular weight is 565 g/mol. The van der Waals surface area contributed by atoms with E-state index >= 15 is 0 Å². The van der Waals surface area contributed by atoms with Gasteiger partial charge in [0.05, 0.1) is 11.2 Å². The summed E-state index contributed by atoms with van der Waals surface area (Å²) in [6, 6.07) is 36.9. The van der Waals surface area contributed by atoms with Crippen LogP contribution < -0.4 is 0 Å². The maximum absolute atomic E-state index is 4.65. The van der Waals surface area contributed by atoms with E-state index in [9.17, 15) is 0 Å². The van der Waals surface area contributed by atoms with Crippen molar-refractivity contribution in [1.29, 1.82) is 0 Å². The van der Waals surface area contributed by atoms with Crippen molar-refractivity contribution in [3.63, 3.8) is 0 Å². The van der Waals surface area contributed by atoms with Crippen LogP contribution in [0.3, 0.4) is 0 Å². The molecule has 7 rings (SSSR count). The van der Waals surface area contributed by atoms with E-state index < -0.39 is 0 Å². The highest BCUT2D eigenvalue weighted by Crippen LogP contribution is 2.36. The average Bonchev–Trinajstić information content (AvgIpc) is 3.06. The molecule has 0 fully saturated rings. The predicted molar refractivity (Wildman–Crippen MR) is 192 cm³/mol. The molecule has 5 aromatic carbocycles. The normalized spacial score (nSPS) is 12.1. The molecule has 0 atom stereocenters. The topological polar surface area (TPSA) is 25.8 Å². The minimum Gasteiger partial charge on any atom is -0.253 e. The highest BCUT2D eigenvalue weighted by Gasteiger charge is 2.10. The van der Waals surface area contributed by atoms with Crippen molar-refractivity contribution in [2.45, 2.75) is 13.8 Å². The van der Waals surface area contributed by atoms with Crippen molar-refractivity contribution in [2.24, 2.45) is 0 Å². The van der Waals surface area contributed by atoms with Gasteiger partial charge in [0.1, 0.15) is 0 Å². The number of allylic oxidation sites excluding steroid dienone is 2. The summed E-state index contributed by atoms with van der Waals surface area (Å²) in [5.74, 6) is 0. The molecule has 0 aliphatic heterocycles. The lowest BCUT2D eigenvalue weighted by molar-refractivity contribution is 1.17. The van der Waals surface area contributed by atoms with E-state index in [1.807, 2.05) is 26.0 Å². The lowest BCUT2D eigenvalue weighted by Gasteiger charge is -2.13. The van der Waals surface area contributed by atoms with Crippen LogP contribution in [0, 0.1) is 13.8 Å². The molecule has 2 aromatic heterocycles. The van der Waals surface area contributed by atoms with Crippen LogP contribution in [0.15, 0.2) is 122 Å². The summed E-state index contributed by atoms with van der Waals surface area (Å²) in [5, 5.41) is 8.63. The van der Waals surface area contributed by atoms with E-state index in [1.54, 1.807) is 0 Å². The first kappa shape index (κ1) is 27.2. The second kappa shape index (κ2) is 11.6. The molecule has 210 valence electrons. The number of nitrogens with zero attached hydrogens (tertiary/aromatic N) is 2. The fourth-order valence-electron chi connectivity index (χ4n) is 6.03. The molecule has 7 aromatic rings. The Morgan fingerprint density at radius 3 is 1.77 bits per heavy atom. The van der Waals surface area contributed by atoms with Gasteiger partial charge in [0.25, 0.3) is 0 Å². The molecule has 2 heterocycles. The first-order valence-electron chi connectivity index (χ1n) is 14.9. The van der Waals surface area contributed by atoms with Crippen molar-refractivity contribution >= 4 is 73.6 Å². The Morgan fingerprint density at radius 2 is 1.09 bits per heavy atom. The van der Waals surface area contributed by atoms with Crippen molar-refractivity contribution < 1.29 is 0 Å². The molecule has 0 radical (unpaired) electrons. The van der Waals surface area contributed by atoms with Gasteiger partial charge in [-0.3, -0.25) is 9.97 Å². The third kappa shape index (κ3) is 5.23. The summed E-state index contributed by atoms with van der Waals surface area (Å²) in [6.07, 6.45) is 14.7. The summed E-state index contributed by atoms with van der Waals surface area (Å²) in [5.41, 5.74) is 8.56. The highest BCUT2D eigenvalue weighted by atomic mass is 14.7. The molecule has 0 bridgehead atoms. The van der Waals surface area contributed by atoms with Crippen molar-refractivity contribution in [3.8, 4) is 0 Å². The smallest absolute Gasteiger partial charge is 0.0705 e. The Labute approximate surface area is 258 Å². The molecule has 0 aliphatic carbocycles. The Bertz CT molecular complexity index is 2320. The largest absolute Gasteiger partial charge is 0.253 e. The zero-order valence-electron chi connectivity index (χ0n) is 25.0. The summed E-state index contributed by atoms with van der Waals surface area (Å²) < 4.78 is 0. The fraction of sp³-hybridized carbons (Fsp3) is 0.0476. The standard InChI is InChI=1S/C42H32N2/c1-4-41-31(21-17-28(2)43-41)11-5-6-12-32-26-39-38-16-10-8-14-36(38)33(27-40(39)37-15-9-7-13-35(32)37)23-19-30-20-24-42-34(25-30)22-18-29(3)44-42/h4-27H,1H2,2-3H3/b11-5+,12-6+,23-19+. The van der Waals surface area contributed by atoms with Crippen molar-refractivity contribution in [1.82, 2.24) is 9.97 Å². The third-order valence-electron chi connectivity index (χ3n) is 8.21. The summed E-state index contributed by atoms with van der Waals surface area (Å²) in [6.45, 7) is 7.95. The predicted octanol–water partition coefficient (Wildman–Crippen LogP) is 11.2. The summed E-state index contributed by atoms with van der Waals surface area (Å²) in [7, 11) is 0. The number of hydrogen-bond donors (Lipinski definition) is 0. The number of pyridine rings is 2. The van der Waals surface area contributed by atoms with E-state index in [1.165, 1.54) is 43.4 Å². The lowest BCUT2D eigenvalue weighted by Crippen LogP contribution is -1.88. The Morgan fingerprint density at radius 1 is 0.500 bits per heavy atom. The van der Waals surface area contributed by atoms with Gasteiger partial charge in [0.2, 0.25) is 0 Å². The zero-order chi connectivity index (χ0) is 30.0. The molecule has 2 nitrogen and oxygen atoms in total. The van der Waals surface area contributed by atoms with Crippen LogP contribution in [0.1, 0.15) is 39.3 Å². The number of fused-ring (bicyclic) bond motifs is 6. The van der Waals surface area contributed by atoms with E-state index in [-0.39, 0.29) is 0 Å². The first-order chi connectivity index (χ1) is 21.6. The van der Waals surface area contributed by atoms with E-state index in [0.29, 0.717) is 0 Å². The Kier molecular flexibility index (Phi) is 7.17. The number of benzene rings is 5. The van der Waals surface area contributed by atoms with E-state index in [4.69, 9.17) is 0 Å². The number of aryl methyl sites for hydroxylation is 2. The molecular weight excluding hydrogens is 532 g/mol. The van der Waals surface area contributed by atoms with Gasteiger partial charge in [-0.25, -0.2) is 0 Å². The minimum absolute atomic E-state index is 0.898. The van der Waals surface area contributed by atoms with Crippen LogP contribution in [-0.2, 0) is 0 Å². The van der Waals surface area contributed by atoms with Crippen LogP contribution in [0.4, 0.5) is 0 Å². The fourth-order valence-corrected chi connectivity index (χ4v) is 6.03. The zero-order valence-corrected chi connectivity index (χ0v) is 25.0. The molecular formula is C42H32N2. The molecule has 0 amide bonds. The number of rotatable bonds is 6. The van der Waals surface area contributed by atoms with Crippen LogP contribution in [0.5, 0.6) is 0 Å². The minimum atomic E-state index is 0.898. The monoisotopic (exact) mass is 564 g/mol. The van der Waals surface area contributed by atoms with Gasteiger partial charge in [-0.15, -0.1) is 0 Å². The summed E-state index contributed by atoms with van der Waals surface area (Å²) in [4.78, 5) is 9.24. The van der Waals surface area contributed by atoms with Crippen molar-refractivity contribution in [2.75, 3.05) is 0 Å². The Hall–Kier alpha value is -5.60. The molecule has 2 heteroatoms. The van der Waals surface area contributed by atoms with Gasteiger partial charge in [-0.2, -0.15) is 0 Å². The Balaban J connectivity index is 1.32. The lowest BCUT2D eigenvalue weighted by atomic mass is 9.91. The van der Waals surface area contributed by atoms with Gasteiger partial charge in [0.15, 0.2) is 0 Å². The number of hydrogen-bond acceptors (Lipinski definition) is 2. The molecule has 0 unspecified atom stereocenters. The number of aromatic nitrogens is 2. The van der Waals surface area contributed by atoms with Crippen LogP contribution in [0.25, 0.3) is 73.6 Å². The maximum atomic E-state index is 4.65. The quantitative estimate of drug-likeness (QED) is 0.114. The van der Waals surface area contributed by atoms with Crippen molar-refractivity contribution in [3.05, 3.63) is 161 Å². The molecule has 0 N–H and O–H groups in total. The molecule has 0 saturated heterocycles. The van der Waals surface area contributed by atoms with Gasteiger partial charge in [0, 0.05) is 22.3 Å². The third-order valence-corrected chi connectivity index (χ3v) is 8.21. The van der Waals surface area contributed by atoms with Gasteiger partial charge in [-0.05, 0) is 105 Å². The van der Waals surface area contributed by atoms with Crippen LogP contribution >= 0.6 is 0 Å². The van der Waals surface area contributed by atoms with Gasteiger partial charge in [-0.1, -0.05) is 110 Å². The maximum Gasteiger partial charge on any atom is 0.0705 e. The molecule has 0 saturated carbocycles. The van der Waals surface area contributed by atoms with E-state index in [2.05, 4.69) is 150 Å². The van der Waals surface area contributed by atoms with Gasteiger partial charge < -0.3 is 0 Å². The molecule has 44 heavy (non-hydrogen) atoms. The first-order valence-corrected chi connectivity index (χ1v) is 14.9. The SMILES string of the molecule is C=Cc1nc(C)ccc1/C=C/C=C/c1cc2c3ccccc3c(/C=C/c3ccc4nc(C)ccc4c3)cc2c2ccccc12. The van der Waals surface area contributed by atoms with Crippen LogP contribution in [0.2, 0.25) is 0 Å².